The van der Waals surface area contributed by atoms with Crippen molar-refractivity contribution in [2.24, 2.45) is 5.10 Å². The zero-order valence-corrected chi connectivity index (χ0v) is 14.1. The molecule has 0 bridgehead atoms. The molecule has 1 unspecified atom stereocenters. The monoisotopic (exact) mass is 382 g/mol. The Kier molecular flexibility index (Phi) is 4.91. The molecule has 0 aliphatic carbocycles. The summed E-state index contributed by atoms with van der Waals surface area (Å²) in [5.74, 6) is 0.101. The van der Waals surface area contributed by atoms with E-state index in [-0.39, 0.29) is 16.3 Å². The molecule has 2 aromatic rings. The van der Waals surface area contributed by atoms with Crippen molar-refractivity contribution in [1.82, 2.24) is 5.01 Å². The maximum Gasteiger partial charge on any atom is 0.416 e. The third-order valence-corrected chi connectivity index (χ3v) is 4.35. The molecule has 0 spiro atoms. The molecule has 1 aliphatic heterocycles. The van der Waals surface area contributed by atoms with Crippen LogP contribution in [-0.4, -0.2) is 28.7 Å². The molecule has 3 rings (SSSR count). The summed E-state index contributed by atoms with van der Waals surface area (Å²) in [6.07, 6.45) is -3.70. The number of rotatable bonds is 4. The predicted molar refractivity (Wildman–Crippen MR) is 91.2 cm³/mol. The first-order valence-corrected chi connectivity index (χ1v) is 8.13. The van der Waals surface area contributed by atoms with Crippen LogP contribution >= 0.6 is 11.6 Å². The summed E-state index contributed by atoms with van der Waals surface area (Å²) in [5.41, 5.74) is 0.229. The number of hydrogen-bond donors (Lipinski definition) is 1. The second-order valence-electron chi connectivity index (χ2n) is 5.82. The molecule has 2 aromatic carbocycles. The van der Waals surface area contributed by atoms with Gasteiger partial charge in [-0.05, 0) is 53.6 Å². The van der Waals surface area contributed by atoms with E-state index in [9.17, 15) is 23.1 Å². The summed E-state index contributed by atoms with van der Waals surface area (Å²) in [4.78, 5) is 11.6. The number of halogens is 4. The minimum atomic E-state index is -4.61. The van der Waals surface area contributed by atoms with Gasteiger partial charge in [-0.25, -0.2) is 0 Å². The molecule has 0 radical (unpaired) electrons. The van der Waals surface area contributed by atoms with Crippen molar-refractivity contribution in [3.63, 3.8) is 0 Å². The van der Waals surface area contributed by atoms with Crippen LogP contribution < -0.4 is 0 Å². The van der Waals surface area contributed by atoms with E-state index in [1.54, 1.807) is 12.1 Å². The van der Waals surface area contributed by atoms with Gasteiger partial charge < -0.3 is 9.90 Å². The molecule has 26 heavy (non-hydrogen) atoms. The van der Waals surface area contributed by atoms with Gasteiger partial charge in [0, 0.05) is 18.0 Å². The number of carbonyl (C=O) groups is 1. The van der Waals surface area contributed by atoms with Gasteiger partial charge in [0.25, 0.3) is 0 Å². The summed E-state index contributed by atoms with van der Waals surface area (Å²) < 4.78 is 39.9. The van der Waals surface area contributed by atoms with E-state index in [1.165, 1.54) is 17.1 Å². The maximum absolute atomic E-state index is 13.3. The van der Waals surface area contributed by atoms with Gasteiger partial charge >= 0.3 is 6.18 Å². The van der Waals surface area contributed by atoms with Gasteiger partial charge in [-0.1, -0.05) is 11.6 Å². The van der Waals surface area contributed by atoms with Crippen molar-refractivity contribution in [1.29, 1.82) is 0 Å². The maximum atomic E-state index is 13.3. The smallest absolute Gasteiger partial charge is 0.416 e. The molecule has 1 aliphatic rings. The molecular weight excluding hydrogens is 369 g/mol. The van der Waals surface area contributed by atoms with Crippen LogP contribution in [-0.2, 0) is 11.0 Å². The topological polar surface area (TPSA) is 52.9 Å². The Labute approximate surface area is 152 Å². The predicted octanol–water partition coefficient (Wildman–Crippen LogP) is 4.41. The van der Waals surface area contributed by atoms with E-state index in [1.807, 2.05) is 0 Å². The zero-order chi connectivity index (χ0) is 18.9. The molecule has 0 fully saturated rings. The second-order valence-corrected chi connectivity index (χ2v) is 6.25. The molecule has 1 N–H and O–H groups in total. The Bertz CT molecular complexity index is 851. The Hall–Kier alpha value is -2.54. The number of alkyl halides is 3. The summed E-state index contributed by atoms with van der Waals surface area (Å²) in [5, 5.41) is 15.1. The lowest BCUT2D eigenvalue weighted by molar-refractivity contribution is -0.138. The first kappa shape index (κ1) is 18.3. The summed E-state index contributed by atoms with van der Waals surface area (Å²) in [6.45, 7) is 0.295. The molecule has 0 saturated heterocycles. The van der Waals surface area contributed by atoms with E-state index in [0.29, 0.717) is 25.0 Å². The standard InChI is InChI=1S/C18H14ClF3N2O2/c19-12-3-6-15(18(20,21)22)14(9-12)17(10-25)24-8-7-16(23-24)11-1-4-13(26)5-2-11/h1-6,9-10,17,26H,7-8H2. The van der Waals surface area contributed by atoms with Gasteiger partial charge in [0.05, 0.1) is 11.3 Å². The molecule has 4 nitrogen and oxygen atoms in total. The van der Waals surface area contributed by atoms with Crippen molar-refractivity contribution in [3.05, 3.63) is 64.2 Å². The summed E-state index contributed by atoms with van der Waals surface area (Å²) >= 11 is 5.85. The Balaban J connectivity index is 1.97. The van der Waals surface area contributed by atoms with Crippen LogP contribution in [0.2, 0.25) is 5.02 Å². The average molecular weight is 383 g/mol. The Morgan fingerprint density at radius 1 is 1.19 bits per heavy atom. The third-order valence-electron chi connectivity index (χ3n) is 4.12. The fourth-order valence-corrected chi connectivity index (χ4v) is 3.05. The van der Waals surface area contributed by atoms with Crippen molar-refractivity contribution in [2.45, 2.75) is 18.6 Å². The molecule has 0 amide bonds. The highest BCUT2D eigenvalue weighted by Gasteiger charge is 2.37. The fourth-order valence-electron chi connectivity index (χ4n) is 2.87. The van der Waals surface area contributed by atoms with E-state index in [2.05, 4.69) is 5.10 Å². The van der Waals surface area contributed by atoms with E-state index < -0.39 is 17.8 Å². The normalized spacial score (nSPS) is 15.7. The minimum absolute atomic E-state index is 0.101. The zero-order valence-electron chi connectivity index (χ0n) is 13.4. The van der Waals surface area contributed by atoms with Crippen LogP contribution in [0, 0.1) is 0 Å². The number of carbonyl (C=O) groups excluding carboxylic acids is 1. The fraction of sp³-hybridized carbons (Fsp3) is 0.222. The van der Waals surface area contributed by atoms with Crippen LogP contribution in [0.25, 0.3) is 0 Å². The first-order chi connectivity index (χ1) is 12.3. The lowest BCUT2D eigenvalue weighted by Crippen LogP contribution is -2.25. The lowest BCUT2D eigenvalue weighted by atomic mass is 10.00. The van der Waals surface area contributed by atoms with Crippen LogP contribution in [0.15, 0.2) is 47.6 Å². The highest BCUT2D eigenvalue weighted by molar-refractivity contribution is 6.30. The largest absolute Gasteiger partial charge is 0.508 e. The molecular formula is C18H14ClF3N2O2. The van der Waals surface area contributed by atoms with Gasteiger partial charge in [0.1, 0.15) is 18.1 Å². The van der Waals surface area contributed by atoms with Crippen molar-refractivity contribution >= 4 is 23.6 Å². The van der Waals surface area contributed by atoms with Gasteiger partial charge in [-0.3, -0.25) is 5.01 Å². The number of phenolic OH excluding ortho intramolecular Hbond substituents is 1. The number of nitrogens with zero attached hydrogens (tertiary/aromatic N) is 2. The molecule has 0 aromatic heterocycles. The number of benzene rings is 2. The van der Waals surface area contributed by atoms with Gasteiger partial charge in [0.15, 0.2) is 0 Å². The lowest BCUT2D eigenvalue weighted by Gasteiger charge is -2.24. The molecule has 1 heterocycles. The summed E-state index contributed by atoms with van der Waals surface area (Å²) in [6, 6.07) is 8.28. The van der Waals surface area contributed by atoms with Crippen LogP contribution in [0.1, 0.15) is 29.2 Å². The number of hydrazone groups is 1. The Morgan fingerprint density at radius 2 is 1.88 bits per heavy atom. The summed E-state index contributed by atoms with van der Waals surface area (Å²) in [7, 11) is 0. The van der Waals surface area contributed by atoms with E-state index in [0.717, 1.165) is 23.8 Å². The van der Waals surface area contributed by atoms with Crippen LogP contribution in [0.5, 0.6) is 5.75 Å². The number of aldehydes is 1. The van der Waals surface area contributed by atoms with Crippen molar-refractivity contribution in [3.8, 4) is 5.75 Å². The van der Waals surface area contributed by atoms with E-state index in [4.69, 9.17) is 11.6 Å². The molecule has 1 atom stereocenters. The SMILES string of the molecule is O=CC(c1cc(Cl)ccc1C(F)(F)F)N1CCC(c2ccc(O)cc2)=N1. The van der Waals surface area contributed by atoms with Gasteiger partial charge in [-0.2, -0.15) is 18.3 Å². The van der Waals surface area contributed by atoms with Crippen LogP contribution in [0.4, 0.5) is 13.2 Å². The quantitative estimate of drug-likeness (QED) is 0.797. The minimum Gasteiger partial charge on any atom is -0.508 e. The molecule has 0 saturated carbocycles. The molecule has 136 valence electrons. The number of phenols is 1. The van der Waals surface area contributed by atoms with Crippen LogP contribution in [0.3, 0.4) is 0 Å². The third kappa shape index (κ3) is 3.67. The number of aromatic hydroxyl groups is 1. The first-order valence-electron chi connectivity index (χ1n) is 7.75. The second kappa shape index (κ2) is 6.99. The van der Waals surface area contributed by atoms with Crippen molar-refractivity contribution < 1.29 is 23.1 Å². The molecule has 8 heteroatoms. The Morgan fingerprint density at radius 3 is 2.50 bits per heavy atom. The van der Waals surface area contributed by atoms with Crippen molar-refractivity contribution in [2.75, 3.05) is 6.54 Å². The van der Waals surface area contributed by atoms with E-state index >= 15 is 0 Å². The highest BCUT2D eigenvalue weighted by atomic mass is 35.5. The number of hydrogen-bond acceptors (Lipinski definition) is 4. The van der Waals surface area contributed by atoms with Gasteiger partial charge in [-0.15, -0.1) is 0 Å². The van der Waals surface area contributed by atoms with Gasteiger partial charge in [0.2, 0.25) is 0 Å². The average Bonchev–Trinajstić information content (AvgIpc) is 3.05. The highest BCUT2D eigenvalue weighted by Crippen LogP contribution is 2.38.